The van der Waals surface area contributed by atoms with Gasteiger partial charge in [0.05, 0.1) is 0 Å². The van der Waals surface area contributed by atoms with Crippen LogP contribution in [-0.4, -0.2) is 5.30 Å². The van der Waals surface area contributed by atoms with E-state index in [1.54, 1.807) is 0 Å². The third kappa shape index (κ3) is 94.2. The quantitative estimate of drug-likeness (QED) is 0.219. The first-order valence-electron chi connectivity index (χ1n) is 0.612. The maximum Gasteiger partial charge on any atom is 1.00 e. The van der Waals surface area contributed by atoms with Crippen LogP contribution < -0.4 is 42.8 Å². The summed E-state index contributed by atoms with van der Waals surface area (Å²) in [5.74, 6) is 0. The predicted molar refractivity (Wildman–Crippen MR) is 12.8 cm³/mol. The van der Waals surface area contributed by atoms with E-state index in [-0.39, 0.29) is 37.7 Å². The molecule has 0 unspecified atom stereocenters. The molecule has 0 bridgehead atoms. The molecule has 0 aromatic rings. The Bertz CT molecular complexity index is 34.5. The number of carbonyl (C=O) groups is 1. The Morgan fingerprint density at radius 1 is 1.50 bits per heavy atom. The first kappa shape index (κ1) is 15.8. The summed E-state index contributed by atoms with van der Waals surface area (Å²) in [7, 11) is 0. The first-order chi connectivity index (χ1) is 1.73. The van der Waals surface area contributed by atoms with E-state index >= 15 is 0 Å². The summed E-state index contributed by atoms with van der Waals surface area (Å²) in [6.45, 7) is 0. The zero-order valence-electron chi connectivity index (χ0n) is 3.72. The van der Waals surface area contributed by atoms with Crippen molar-refractivity contribution in [1.29, 1.82) is 0 Å². The van der Waals surface area contributed by atoms with Crippen LogP contribution in [0.4, 0.5) is 4.79 Å². The average molecular weight is 90.0 g/mol. The van der Waals surface area contributed by atoms with E-state index in [0.29, 0.717) is 0 Å². The molecule has 0 spiro atoms. The van der Waals surface area contributed by atoms with Crippen molar-refractivity contribution in [3.8, 4) is 0 Å². The standard InChI is InChI=1S/CH2O2S.2Li/c2-1(3)4;;/h4H,(H,2,3);;/q;2*+1/p-2. The summed E-state index contributed by atoms with van der Waals surface area (Å²) in [6, 6.07) is 0. The molecular formula is CLi2O2S. The molecule has 0 N–H and O–H groups in total. The summed E-state index contributed by atoms with van der Waals surface area (Å²) in [6.07, 6.45) is 0. The second-order valence-corrected chi connectivity index (χ2v) is 0.583. The molecule has 0 saturated heterocycles. The summed E-state index contributed by atoms with van der Waals surface area (Å²) in [5.41, 5.74) is 0. The summed E-state index contributed by atoms with van der Waals surface area (Å²) in [4.78, 5) is 8.70. The monoisotopic (exact) mass is 90.0 g/mol. The molecule has 5 heteroatoms. The summed E-state index contributed by atoms with van der Waals surface area (Å²) >= 11 is 3.43. The van der Waals surface area contributed by atoms with Crippen molar-refractivity contribution in [3.05, 3.63) is 0 Å². The van der Waals surface area contributed by atoms with E-state index in [4.69, 9.17) is 9.90 Å². The number of hydrogen-bond acceptors (Lipinski definition) is 3. The minimum Gasteiger partial charge on any atom is -0.764 e. The fraction of sp³-hybridized carbons (Fsp3) is 0. The van der Waals surface area contributed by atoms with Crippen LogP contribution >= 0.6 is 0 Å². The number of hydrogen-bond donors (Lipinski definition) is 0. The third-order valence-corrected chi connectivity index (χ3v) is 0. The van der Waals surface area contributed by atoms with Gasteiger partial charge in [0.25, 0.3) is 0 Å². The normalized spacial score (nSPS) is 4.00. The SMILES string of the molecule is O=C([O-])[S-].[Li+].[Li+]. The zero-order valence-corrected chi connectivity index (χ0v) is 4.54. The third-order valence-electron chi connectivity index (χ3n) is 0. The fourth-order valence-corrected chi connectivity index (χ4v) is 0. The van der Waals surface area contributed by atoms with Crippen molar-refractivity contribution in [2.75, 3.05) is 0 Å². The molecule has 2 nitrogen and oxygen atoms in total. The van der Waals surface area contributed by atoms with E-state index < -0.39 is 5.30 Å². The van der Waals surface area contributed by atoms with Crippen molar-refractivity contribution < 1.29 is 47.6 Å². The van der Waals surface area contributed by atoms with E-state index in [9.17, 15) is 0 Å². The van der Waals surface area contributed by atoms with Gasteiger partial charge in [-0.05, 0) is 0 Å². The van der Waals surface area contributed by atoms with Gasteiger partial charge in [-0.3, -0.25) is 0 Å². The van der Waals surface area contributed by atoms with Crippen molar-refractivity contribution in [2.45, 2.75) is 0 Å². The minimum atomic E-state index is -1.50. The van der Waals surface area contributed by atoms with E-state index in [1.165, 1.54) is 0 Å². The summed E-state index contributed by atoms with van der Waals surface area (Å²) in [5, 5.41) is 7.20. The van der Waals surface area contributed by atoms with Crippen LogP contribution in [0.1, 0.15) is 0 Å². The maximum absolute atomic E-state index is 8.70. The van der Waals surface area contributed by atoms with Gasteiger partial charge in [0.2, 0.25) is 0 Å². The molecule has 6 heavy (non-hydrogen) atoms. The summed E-state index contributed by atoms with van der Waals surface area (Å²) < 4.78 is 0. The van der Waals surface area contributed by atoms with Crippen LogP contribution in [0.5, 0.6) is 0 Å². The minimum absolute atomic E-state index is 0. The molecule has 0 amide bonds. The van der Waals surface area contributed by atoms with Gasteiger partial charge < -0.3 is 22.5 Å². The van der Waals surface area contributed by atoms with E-state index in [1.807, 2.05) is 0 Å². The molecule has 0 heterocycles. The molecule has 0 aromatic heterocycles. The van der Waals surface area contributed by atoms with Crippen LogP contribution in [0.3, 0.4) is 0 Å². The Kier molecular flexibility index (Phi) is 24.5. The van der Waals surface area contributed by atoms with Gasteiger partial charge in [-0.15, -0.1) is 0 Å². The Labute approximate surface area is 65.4 Å². The molecular weight excluding hydrogens is 90.0 g/mol. The smallest absolute Gasteiger partial charge is 0.764 e. The van der Waals surface area contributed by atoms with Gasteiger partial charge >= 0.3 is 37.7 Å². The van der Waals surface area contributed by atoms with Crippen molar-refractivity contribution >= 4 is 17.9 Å². The second-order valence-electron chi connectivity index (χ2n) is 0.250. The van der Waals surface area contributed by atoms with Crippen molar-refractivity contribution in [3.63, 3.8) is 0 Å². The van der Waals surface area contributed by atoms with Gasteiger partial charge in [-0.2, -0.15) is 0 Å². The second kappa shape index (κ2) is 9.30. The number of rotatable bonds is 0. The molecule has 0 aliphatic rings. The molecule has 0 radical (unpaired) electrons. The van der Waals surface area contributed by atoms with Crippen molar-refractivity contribution in [1.82, 2.24) is 0 Å². The Hall–Kier alpha value is 0.885. The molecule has 0 rings (SSSR count). The number of carbonyl (C=O) groups excluding carboxylic acids is 1. The van der Waals surface area contributed by atoms with Crippen molar-refractivity contribution in [2.24, 2.45) is 0 Å². The average Bonchev–Trinajstić information content (AvgIpc) is 0.811. The molecule has 0 saturated carbocycles. The molecule has 24 valence electrons. The Morgan fingerprint density at radius 3 is 1.50 bits per heavy atom. The van der Waals surface area contributed by atoms with Crippen LogP contribution in [0.15, 0.2) is 0 Å². The largest absolute Gasteiger partial charge is 1.00 e. The zero-order chi connectivity index (χ0) is 3.58. The van der Waals surface area contributed by atoms with Crippen LogP contribution in [0.25, 0.3) is 0 Å². The van der Waals surface area contributed by atoms with Crippen LogP contribution in [0, 0.1) is 0 Å². The predicted octanol–water partition coefficient (Wildman–Crippen LogP) is -7.12. The van der Waals surface area contributed by atoms with Crippen LogP contribution in [0.2, 0.25) is 0 Å². The molecule has 0 atom stereocenters. The molecule has 0 aromatic carbocycles. The van der Waals surface area contributed by atoms with E-state index in [0.717, 1.165) is 0 Å². The Morgan fingerprint density at radius 2 is 1.50 bits per heavy atom. The number of carboxylic acid groups (broad SMARTS) is 1. The van der Waals surface area contributed by atoms with Crippen LogP contribution in [-0.2, 0) is 12.6 Å². The maximum atomic E-state index is 8.70. The molecule has 0 fully saturated rings. The molecule has 0 aliphatic heterocycles. The van der Waals surface area contributed by atoms with Gasteiger partial charge in [0, 0.05) is 0 Å². The van der Waals surface area contributed by atoms with Gasteiger partial charge in [0.1, 0.15) is 0 Å². The first-order valence-corrected chi connectivity index (χ1v) is 1.02. The van der Waals surface area contributed by atoms with Gasteiger partial charge in [0.15, 0.2) is 0 Å². The van der Waals surface area contributed by atoms with Gasteiger partial charge in [-0.1, -0.05) is 5.30 Å². The molecule has 0 aliphatic carbocycles. The topological polar surface area (TPSA) is 40.1 Å². The Balaban J connectivity index is -0.0000000450. The fourth-order valence-electron chi connectivity index (χ4n) is 0. The van der Waals surface area contributed by atoms with Gasteiger partial charge in [-0.25, -0.2) is 0 Å². The van der Waals surface area contributed by atoms with E-state index in [2.05, 4.69) is 12.6 Å².